The number of anilines is 1. The third-order valence-corrected chi connectivity index (χ3v) is 4.64. The van der Waals surface area contributed by atoms with Gasteiger partial charge in [0, 0.05) is 24.2 Å². The van der Waals surface area contributed by atoms with E-state index in [4.69, 9.17) is 4.74 Å². The molecule has 1 saturated heterocycles. The van der Waals surface area contributed by atoms with Crippen molar-refractivity contribution in [2.24, 2.45) is 0 Å². The minimum Gasteiger partial charge on any atom is -0.454 e. The van der Waals surface area contributed by atoms with Crippen molar-refractivity contribution in [3.8, 4) is 11.1 Å². The van der Waals surface area contributed by atoms with Gasteiger partial charge in [0.05, 0.1) is 0 Å². The van der Waals surface area contributed by atoms with Crippen LogP contribution in [0.3, 0.4) is 0 Å². The lowest BCUT2D eigenvalue weighted by Crippen LogP contribution is -2.36. The highest BCUT2D eigenvalue weighted by atomic mass is 16.5. The van der Waals surface area contributed by atoms with Crippen LogP contribution in [-0.2, 0) is 19.1 Å². The summed E-state index contributed by atoms with van der Waals surface area (Å²) >= 11 is 0. The van der Waals surface area contributed by atoms with Crippen LogP contribution in [-0.4, -0.2) is 42.4 Å². The molecule has 1 N–H and O–H groups in total. The average Bonchev–Trinajstić information content (AvgIpc) is 2.92. The fourth-order valence-corrected chi connectivity index (χ4v) is 3.20. The number of rotatable bonds is 6. The van der Waals surface area contributed by atoms with Gasteiger partial charge in [-0.05, 0) is 24.5 Å². The number of likely N-dealkylation sites (tertiary alicyclic amines) is 1. The van der Waals surface area contributed by atoms with Crippen molar-refractivity contribution >= 4 is 23.5 Å². The van der Waals surface area contributed by atoms with E-state index in [1.807, 2.05) is 48.5 Å². The molecule has 2 aromatic carbocycles. The molecule has 6 heteroatoms. The van der Waals surface area contributed by atoms with Gasteiger partial charge in [0.25, 0.3) is 5.91 Å². The van der Waals surface area contributed by atoms with E-state index in [1.165, 1.54) is 4.90 Å². The molecule has 0 spiro atoms. The van der Waals surface area contributed by atoms with Crippen LogP contribution in [0.25, 0.3) is 11.1 Å². The Morgan fingerprint density at radius 3 is 2.54 bits per heavy atom. The molecule has 0 bridgehead atoms. The number of nitrogens with zero attached hydrogens (tertiary/aromatic N) is 1. The Balaban J connectivity index is 1.54. The molecule has 0 aliphatic carbocycles. The summed E-state index contributed by atoms with van der Waals surface area (Å²) in [6.07, 6.45) is 3.19. The summed E-state index contributed by atoms with van der Waals surface area (Å²) in [5, 5.41) is 2.79. The van der Waals surface area contributed by atoms with Gasteiger partial charge in [-0.3, -0.25) is 14.4 Å². The molecule has 28 heavy (non-hydrogen) atoms. The molecule has 6 nitrogen and oxygen atoms in total. The van der Waals surface area contributed by atoms with Gasteiger partial charge in [0.1, 0.15) is 6.54 Å². The predicted octanol–water partition coefficient (Wildman–Crippen LogP) is 3.24. The number of hydrogen-bond acceptors (Lipinski definition) is 4. The van der Waals surface area contributed by atoms with E-state index in [1.54, 1.807) is 6.07 Å². The highest BCUT2D eigenvalue weighted by Gasteiger charge is 2.20. The normalized spacial score (nSPS) is 14.3. The number of para-hydroxylation sites is 1. The first kappa shape index (κ1) is 19.6. The first-order valence-corrected chi connectivity index (χ1v) is 9.51. The van der Waals surface area contributed by atoms with Gasteiger partial charge >= 0.3 is 5.97 Å². The molecule has 0 unspecified atom stereocenters. The lowest BCUT2D eigenvalue weighted by molar-refractivity contribution is -0.151. The highest BCUT2D eigenvalue weighted by molar-refractivity contribution is 5.97. The van der Waals surface area contributed by atoms with E-state index in [-0.39, 0.29) is 19.1 Å². The lowest BCUT2D eigenvalue weighted by Gasteiger charge is -2.19. The largest absolute Gasteiger partial charge is 0.454 e. The number of carbonyl (C=O) groups excluding carboxylic acids is 3. The third kappa shape index (κ3) is 5.42. The minimum atomic E-state index is -0.568. The van der Waals surface area contributed by atoms with Crippen molar-refractivity contribution in [2.75, 3.05) is 25.0 Å². The fraction of sp³-hybridized carbons (Fsp3) is 0.318. The standard InChI is InChI=1S/C22H24N2O4/c25-20(16-28-22(27)15-24-14-8-2-5-13-21(24)26)23-19-12-7-6-11-18(19)17-9-3-1-4-10-17/h1,3-4,6-7,9-12H,2,5,8,13-16H2,(H,23,25). The summed E-state index contributed by atoms with van der Waals surface area (Å²) in [6, 6.07) is 17.2. The molecular weight excluding hydrogens is 356 g/mol. The first-order valence-electron chi connectivity index (χ1n) is 9.51. The second kappa shape index (κ2) is 9.69. The lowest BCUT2D eigenvalue weighted by atomic mass is 10.0. The van der Waals surface area contributed by atoms with Crippen molar-refractivity contribution in [3.63, 3.8) is 0 Å². The molecule has 1 aliphatic rings. The number of ether oxygens (including phenoxy) is 1. The molecule has 1 heterocycles. The molecular formula is C22H24N2O4. The third-order valence-electron chi connectivity index (χ3n) is 4.64. The van der Waals surface area contributed by atoms with E-state index >= 15 is 0 Å². The summed E-state index contributed by atoms with van der Waals surface area (Å²) in [6.45, 7) is 0.0707. The zero-order valence-corrected chi connectivity index (χ0v) is 15.7. The average molecular weight is 380 g/mol. The molecule has 1 fully saturated rings. The zero-order chi connectivity index (χ0) is 19.8. The van der Waals surface area contributed by atoms with Crippen LogP contribution in [0.4, 0.5) is 5.69 Å². The maximum atomic E-state index is 12.2. The van der Waals surface area contributed by atoms with E-state index in [9.17, 15) is 14.4 Å². The Bertz CT molecular complexity index is 835. The van der Waals surface area contributed by atoms with Gasteiger partial charge in [0.2, 0.25) is 5.91 Å². The summed E-state index contributed by atoms with van der Waals surface area (Å²) in [7, 11) is 0. The SMILES string of the molecule is O=C(COC(=O)CN1CCCCCC1=O)Nc1ccccc1-c1ccccc1. The predicted molar refractivity (Wildman–Crippen MR) is 107 cm³/mol. The summed E-state index contributed by atoms with van der Waals surface area (Å²) in [4.78, 5) is 37.7. The van der Waals surface area contributed by atoms with Crippen molar-refractivity contribution in [3.05, 3.63) is 54.6 Å². The van der Waals surface area contributed by atoms with E-state index in [0.717, 1.165) is 30.4 Å². The molecule has 0 saturated carbocycles. The molecule has 146 valence electrons. The van der Waals surface area contributed by atoms with Gasteiger partial charge in [-0.1, -0.05) is 55.0 Å². The Kier molecular flexibility index (Phi) is 6.78. The second-order valence-electron chi connectivity index (χ2n) is 6.75. The van der Waals surface area contributed by atoms with Gasteiger partial charge in [0.15, 0.2) is 6.61 Å². The fourth-order valence-electron chi connectivity index (χ4n) is 3.20. The van der Waals surface area contributed by atoms with Gasteiger partial charge < -0.3 is 15.0 Å². The van der Waals surface area contributed by atoms with Crippen LogP contribution in [0, 0.1) is 0 Å². The molecule has 0 aromatic heterocycles. The van der Waals surface area contributed by atoms with Crippen LogP contribution in [0.15, 0.2) is 54.6 Å². The second-order valence-corrected chi connectivity index (χ2v) is 6.75. The van der Waals surface area contributed by atoms with Crippen LogP contribution < -0.4 is 5.32 Å². The van der Waals surface area contributed by atoms with Gasteiger partial charge in [-0.2, -0.15) is 0 Å². The number of benzene rings is 2. The maximum absolute atomic E-state index is 12.2. The van der Waals surface area contributed by atoms with E-state index in [2.05, 4.69) is 5.32 Å². The Morgan fingerprint density at radius 1 is 0.964 bits per heavy atom. The van der Waals surface area contributed by atoms with E-state index in [0.29, 0.717) is 18.7 Å². The zero-order valence-electron chi connectivity index (χ0n) is 15.7. The number of esters is 1. The van der Waals surface area contributed by atoms with Crippen molar-refractivity contribution in [1.82, 2.24) is 4.90 Å². The molecule has 2 aromatic rings. The van der Waals surface area contributed by atoms with Crippen molar-refractivity contribution in [2.45, 2.75) is 25.7 Å². The van der Waals surface area contributed by atoms with Gasteiger partial charge in [-0.15, -0.1) is 0 Å². The Labute approximate surface area is 164 Å². The van der Waals surface area contributed by atoms with Crippen molar-refractivity contribution in [1.29, 1.82) is 0 Å². The summed E-state index contributed by atoms with van der Waals surface area (Å²) < 4.78 is 5.07. The smallest absolute Gasteiger partial charge is 0.326 e. The number of hydrogen-bond donors (Lipinski definition) is 1. The van der Waals surface area contributed by atoms with Crippen LogP contribution in [0.5, 0.6) is 0 Å². The molecule has 2 amide bonds. The number of amides is 2. The van der Waals surface area contributed by atoms with Crippen LogP contribution in [0.1, 0.15) is 25.7 Å². The molecule has 1 aliphatic heterocycles. The topological polar surface area (TPSA) is 75.7 Å². The number of nitrogens with one attached hydrogen (secondary N) is 1. The van der Waals surface area contributed by atoms with Crippen LogP contribution >= 0.6 is 0 Å². The summed E-state index contributed by atoms with van der Waals surface area (Å²) in [5.74, 6) is -1.02. The maximum Gasteiger partial charge on any atom is 0.326 e. The molecule has 0 radical (unpaired) electrons. The Morgan fingerprint density at radius 2 is 1.71 bits per heavy atom. The van der Waals surface area contributed by atoms with Gasteiger partial charge in [-0.25, -0.2) is 0 Å². The molecule has 0 atom stereocenters. The molecule has 3 rings (SSSR count). The minimum absolute atomic E-state index is 0.0318. The van der Waals surface area contributed by atoms with Crippen LogP contribution in [0.2, 0.25) is 0 Å². The number of carbonyl (C=O) groups is 3. The quantitative estimate of drug-likeness (QED) is 0.781. The van der Waals surface area contributed by atoms with E-state index < -0.39 is 11.9 Å². The highest BCUT2D eigenvalue weighted by Crippen LogP contribution is 2.27. The summed E-state index contributed by atoms with van der Waals surface area (Å²) in [5.41, 5.74) is 2.52. The monoisotopic (exact) mass is 380 g/mol. The first-order chi connectivity index (χ1) is 13.6. The Hall–Kier alpha value is -3.15. The van der Waals surface area contributed by atoms with Crippen molar-refractivity contribution < 1.29 is 19.1 Å².